The van der Waals surface area contributed by atoms with Crippen molar-refractivity contribution < 1.29 is 14.9 Å². The van der Waals surface area contributed by atoms with Crippen molar-refractivity contribution in [2.24, 2.45) is 0 Å². The highest BCUT2D eigenvalue weighted by atomic mass is 79.9. The number of ether oxygens (including phenoxy) is 1. The summed E-state index contributed by atoms with van der Waals surface area (Å²) in [6, 6.07) is 3.58. The molecule has 5 heteroatoms. The zero-order valence-corrected chi connectivity index (χ0v) is 13.0. The lowest BCUT2D eigenvalue weighted by Crippen LogP contribution is -2.31. The molecule has 0 aliphatic rings. The molecule has 1 aromatic rings. The first-order chi connectivity index (χ1) is 7.89. The summed E-state index contributed by atoms with van der Waals surface area (Å²) in [5, 5.41) is 18.9. The van der Waals surface area contributed by atoms with Crippen LogP contribution in [0, 0.1) is 0 Å². The standard InChI is InChI=1S/C12H16Br2O3/c1-3-12(2,16)7-17-11-9(13)4-8(6-15)5-10(11)14/h4-5,15-16H,3,6-7H2,1-2H3. The van der Waals surface area contributed by atoms with Crippen molar-refractivity contribution in [1.82, 2.24) is 0 Å². The Kier molecular flexibility index (Phi) is 5.44. The average Bonchev–Trinajstić information content (AvgIpc) is 2.27. The highest BCUT2D eigenvalue weighted by molar-refractivity contribution is 9.11. The minimum Gasteiger partial charge on any atom is -0.488 e. The van der Waals surface area contributed by atoms with Gasteiger partial charge in [0.25, 0.3) is 0 Å². The predicted octanol–water partition coefficient (Wildman–Crippen LogP) is 3.24. The lowest BCUT2D eigenvalue weighted by Gasteiger charge is -2.22. The number of aliphatic hydroxyl groups is 2. The van der Waals surface area contributed by atoms with Gasteiger partial charge in [-0.25, -0.2) is 0 Å². The predicted molar refractivity (Wildman–Crippen MR) is 74.2 cm³/mol. The first-order valence-electron chi connectivity index (χ1n) is 5.33. The summed E-state index contributed by atoms with van der Waals surface area (Å²) in [5.74, 6) is 0.635. The zero-order valence-electron chi connectivity index (χ0n) is 9.83. The number of halogens is 2. The average molecular weight is 368 g/mol. The van der Waals surface area contributed by atoms with E-state index in [2.05, 4.69) is 31.9 Å². The molecule has 0 radical (unpaired) electrons. The second-order valence-electron chi connectivity index (χ2n) is 4.19. The number of hydrogen-bond acceptors (Lipinski definition) is 3. The third-order valence-corrected chi connectivity index (χ3v) is 3.71. The Bertz CT molecular complexity index is 368. The van der Waals surface area contributed by atoms with Crippen LogP contribution in [0.3, 0.4) is 0 Å². The SMILES string of the molecule is CCC(C)(O)COc1c(Br)cc(CO)cc1Br. The molecule has 0 fully saturated rings. The fourth-order valence-electron chi connectivity index (χ4n) is 1.17. The summed E-state index contributed by atoms with van der Waals surface area (Å²) in [6.45, 7) is 3.84. The van der Waals surface area contributed by atoms with Crippen LogP contribution in [0.15, 0.2) is 21.1 Å². The molecular formula is C12H16Br2O3. The number of hydrogen-bond donors (Lipinski definition) is 2. The van der Waals surface area contributed by atoms with E-state index in [4.69, 9.17) is 9.84 Å². The molecule has 17 heavy (non-hydrogen) atoms. The highest BCUT2D eigenvalue weighted by Crippen LogP contribution is 2.35. The molecule has 3 nitrogen and oxygen atoms in total. The van der Waals surface area contributed by atoms with E-state index in [0.29, 0.717) is 12.2 Å². The topological polar surface area (TPSA) is 49.7 Å². The molecule has 2 N–H and O–H groups in total. The van der Waals surface area contributed by atoms with Crippen molar-refractivity contribution in [3.8, 4) is 5.75 Å². The van der Waals surface area contributed by atoms with Gasteiger partial charge >= 0.3 is 0 Å². The number of benzene rings is 1. The normalized spacial score (nSPS) is 14.5. The Hall–Kier alpha value is -0.100. The number of rotatable bonds is 5. The van der Waals surface area contributed by atoms with E-state index in [1.165, 1.54) is 0 Å². The molecule has 0 aromatic heterocycles. The van der Waals surface area contributed by atoms with E-state index in [1.807, 2.05) is 6.92 Å². The Labute approximate surface area is 118 Å². The van der Waals surface area contributed by atoms with Gasteiger partial charge in [0, 0.05) is 0 Å². The maximum Gasteiger partial charge on any atom is 0.147 e. The summed E-state index contributed by atoms with van der Waals surface area (Å²) >= 11 is 6.76. The third-order valence-electron chi connectivity index (χ3n) is 2.53. The smallest absolute Gasteiger partial charge is 0.147 e. The van der Waals surface area contributed by atoms with Gasteiger partial charge in [0.2, 0.25) is 0 Å². The van der Waals surface area contributed by atoms with Crippen LogP contribution >= 0.6 is 31.9 Å². The van der Waals surface area contributed by atoms with Crippen LogP contribution in [0.1, 0.15) is 25.8 Å². The first-order valence-corrected chi connectivity index (χ1v) is 6.92. The number of aliphatic hydroxyl groups excluding tert-OH is 1. The van der Waals surface area contributed by atoms with Gasteiger partial charge in [0.1, 0.15) is 12.4 Å². The third kappa shape index (κ3) is 4.25. The molecule has 1 unspecified atom stereocenters. The van der Waals surface area contributed by atoms with E-state index in [-0.39, 0.29) is 13.2 Å². The largest absolute Gasteiger partial charge is 0.488 e. The maximum atomic E-state index is 9.87. The van der Waals surface area contributed by atoms with Gasteiger partial charge in [-0.15, -0.1) is 0 Å². The quantitative estimate of drug-likeness (QED) is 0.839. The van der Waals surface area contributed by atoms with Crippen molar-refractivity contribution in [2.45, 2.75) is 32.5 Å². The van der Waals surface area contributed by atoms with E-state index in [1.54, 1.807) is 19.1 Å². The molecule has 0 aliphatic heterocycles. The Balaban J connectivity index is 2.85. The van der Waals surface area contributed by atoms with Gasteiger partial charge in [-0.3, -0.25) is 0 Å². The van der Waals surface area contributed by atoms with Crippen LogP contribution in [0.4, 0.5) is 0 Å². The van der Waals surface area contributed by atoms with Crippen LogP contribution < -0.4 is 4.74 Å². The van der Waals surface area contributed by atoms with Crippen LogP contribution in [-0.4, -0.2) is 22.4 Å². The molecule has 0 amide bonds. The van der Waals surface area contributed by atoms with Crippen LogP contribution in [-0.2, 0) is 6.61 Å². The summed E-state index contributed by atoms with van der Waals surface area (Å²) < 4.78 is 7.10. The lowest BCUT2D eigenvalue weighted by atomic mass is 10.1. The maximum absolute atomic E-state index is 9.87. The molecule has 96 valence electrons. The summed E-state index contributed by atoms with van der Waals surface area (Å²) in [5.41, 5.74) is -0.0486. The van der Waals surface area contributed by atoms with Crippen LogP contribution in [0.5, 0.6) is 5.75 Å². The molecule has 1 rings (SSSR count). The second kappa shape index (κ2) is 6.18. The van der Waals surface area contributed by atoms with Gasteiger partial charge in [0.05, 0.1) is 21.2 Å². The fourth-order valence-corrected chi connectivity index (χ4v) is 2.68. The van der Waals surface area contributed by atoms with Gasteiger partial charge in [-0.1, -0.05) is 6.92 Å². The Morgan fingerprint density at radius 1 is 1.29 bits per heavy atom. The molecule has 0 aliphatic carbocycles. The Morgan fingerprint density at radius 2 is 1.82 bits per heavy atom. The van der Waals surface area contributed by atoms with Gasteiger partial charge < -0.3 is 14.9 Å². The minimum atomic E-state index is -0.839. The molecule has 1 atom stereocenters. The van der Waals surface area contributed by atoms with Crippen molar-refractivity contribution in [1.29, 1.82) is 0 Å². The monoisotopic (exact) mass is 366 g/mol. The molecule has 0 saturated heterocycles. The molecule has 1 aromatic carbocycles. The lowest BCUT2D eigenvalue weighted by molar-refractivity contribution is 0.00798. The minimum absolute atomic E-state index is 0.0237. The molecule has 0 saturated carbocycles. The molecular weight excluding hydrogens is 352 g/mol. The fraction of sp³-hybridized carbons (Fsp3) is 0.500. The summed E-state index contributed by atoms with van der Waals surface area (Å²) in [6.07, 6.45) is 0.622. The first kappa shape index (κ1) is 15.0. The van der Waals surface area contributed by atoms with Crippen LogP contribution in [0.25, 0.3) is 0 Å². The van der Waals surface area contributed by atoms with Gasteiger partial charge in [0.15, 0.2) is 0 Å². The molecule has 0 bridgehead atoms. The van der Waals surface area contributed by atoms with Crippen molar-refractivity contribution >= 4 is 31.9 Å². The summed E-state index contributed by atoms with van der Waals surface area (Å²) in [7, 11) is 0. The van der Waals surface area contributed by atoms with Gasteiger partial charge in [-0.05, 0) is 62.9 Å². The van der Waals surface area contributed by atoms with E-state index in [9.17, 15) is 5.11 Å². The zero-order chi connectivity index (χ0) is 13.1. The van der Waals surface area contributed by atoms with E-state index < -0.39 is 5.60 Å². The Morgan fingerprint density at radius 3 is 2.24 bits per heavy atom. The summed E-state index contributed by atoms with van der Waals surface area (Å²) in [4.78, 5) is 0. The molecule has 0 heterocycles. The van der Waals surface area contributed by atoms with Crippen molar-refractivity contribution in [2.75, 3.05) is 6.61 Å². The van der Waals surface area contributed by atoms with E-state index in [0.717, 1.165) is 14.5 Å². The van der Waals surface area contributed by atoms with E-state index >= 15 is 0 Å². The van der Waals surface area contributed by atoms with Gasteiger partial charge in [-0.2, -0.15) is 0 Å². The molecule has 0 spiro atoms. The second-order valence-corrected chi connectivity index (χ2v) is 5.89. The van der Waals surface area contributed by atoms with Crippen molar-refractivity contribution in [3.63, 3.8) is 0 Å². The van der Waals surface area contributed by atoms with Crippen molar-refractivity contribution in [3.05, 3.63) is 26.6 Å². The highest BCUT2D eigenvalue weighted by Gasteiger charge is 2.20. The van der Waals surface area contributed by atoms with Crippen LogP contribution in [0.2, 0.25) is 0 Å².